The number of hydrogen-bond donors (Lipinski definition) is 0. The van der Waals surface area contributed by atoms with E-state index in [2.05, 4.69) is 51.7 Å². The van der Waals surface area contributed by atoms with Crippen LogP contribution in [-0.2, 0) is 0 Å². The van der Waals surface area contributed by atoms with E-state index in [-0.39, 0.29) is 5.08 Å². The lowest BCUT2D eigenvalue weighted by molar-refractivity contribution is 0.171. The van der Waals surface area contributed by atoms with E-state index in [1.54, 1.807) is 0 Å². The molecule has 1 aliphatic rings. The summed E-state index contributed by atoms with van der Waals surface area (Å²) in [5.41, 5.74) is 0. The molecule has 0 amide bonds. The maximum Gasteiger partial charge on any atom is 0.176 e. The molecule has 0 N–H and O–H groups in total. The number of nitrogens with zero attached hydrogens (tertiary/aromatic N) is 3. The molecule has 0 aromatic heterocycles. The first-order chi connectivity index (χ1) is 5.66. The lowest BCUT2D eigenvalue weighted by atomic mass is 10.4. The van der Waals surface area contributed by atoms with Crippen molar-refractivity contribution in [3.8, 4) is 0 Å². The van der Waals surface area contributed by atoms with Crippen LogP contribution in [0.15, 0.2) is 5.10 Å². The lowest BCUT2D eigenvalue weighted by Gasteiger charge is -2.27. The third-order valence-electron chi connectivity index (χ3n) is 1.84. The minimum atomic E-state index is 0.248. The predicted molar refractivity (Wildman–Crippen MR) is 55.2 cm³/mol. The van der Waals surface area contributed by atoms with Gasteiger partial charge in [0, 0.05) is 12.6 Å². The average Bonchev–Trinajstić information content (AvgIpc) is 2.34. The van der Waals surface area contributed by atoms with Gasteiger partial charge in [-0.05, 0) is 36.2 Å². The summed E-state index contributed by atoms with van der Waals surface area (Å²) in [6, 6.07) is 0.451. The van der Waals surface area contributed by atoms with E-state index in [0.29, 0.717) is 6.04 Å². The fourth-order valence-corrected chi connectivity index (χ4v) is 2.08. The van der Waals surface area contributed by atoms with Crippen LogP contribution in [0.5, 0.6) is 0 Å². The maximum absolute atomic E-state index is 4.30. The van der Waals surface area contributed by atoms with Crippen molar-refractivity contribution in [2.75, 3.05) is 6.54 Å². The van der Waals surface area contributed by atoms with Gasteiger partial charge in [0.2, 0.25) is 0 Å². The first-order valence-electron chi connectivity index (χ1n) is 4.39. The van der Waals surface area contributed by atoms with Gasteiger partial charge in [0.1, 0.15) is 6.34 Å². The number of alkyl halides is 1. The molecule has 1 unspecified atom stereocenters. The van der Waals surface area contributed by atoms with Crippen molar-refractivity contribution < 1.29 is 0 Å². The van der Waals surface area contributed by atoms with Crippen LogP contribution < -0.4 is 0 Å². The van der Waals surface area contributed by atoms with E-state index >= 15 is 0 Å². The number of hydrazone groups is 1. The molecule has 0 aromatic carbocycles. The van der Waals surface area contributed by atoms with Crippen molar-refractivity contribution in [1.29, 1.82) is 0 Å². The molecule has 4 heteroatoms. The van der Waals surface area contributed by atoms with Crippen LogP contribution in [0, 0.1) is 0 Å². The summed E-state index contributed by atoms with van der Waals surface area (Å²) in [5.74, 6) is 0. The first-order valence-corrected chi connectivity index (χ1v) is 5.30. The van der Waals surface area contributed by atoms with Crippen molar-refractivity contribution >= 4 is 22.3 Å². The molecular weight excluding hydrogens is 218 g/mol. The summed E-state index contributed by atoms with van der Waals surface area (Å²) in [4.78, 5) is 2.19. The van der Waals surface area contributed by atoms with Crippen molar-refractivity contribution in [2.45, 2.75) is 38.3 Å². The highest BCUT2D eigenvalue weighted by Crippen LogP contribution is 2.20. The quantitative estimate of drug-likeness (QED) is 0.549. The van der Waals surface area contributed by atoms with Gasteiger partial charge in [0.05, 0.1) is 0 Å². The second-order valence-corrected chi connectivity index (χ2v) is 4.07. The van der Waals surface area contributed by atoms with Crippen LogP contribution in [-0.4, -0.2) is 33.9 Å². The molecule has 1 aliphatic heterocycles. The minimum Gasteiger partial charge on any atom is -0.331 e. The van der Waals surface area contributed by atoms with Gasteiger partial charge in [-0.3, -0.25) is 5.01 Å². The Morgan fingerprint density at radius 3 is 2.67 bits per heavy atom. The third-order valence-corrected chi connectivity index (χ3v) is 2.78. The normalized spacial score (nSPS) is 22.9. The smallest absolute Gasteiger partial charge is 0.176 e. The number of hydrogen-bond acceptors (Lipinski definition) is 3. The molecule has 0 spiro atoms. The van der Waals surface area contributed by atoms with Gasteiger partial charge in [-0.15, -0.1) is 0 Å². The Kier molecular flexibility index (Phi) is 3.38. The van der Waals surface area contributed by atoms with Crippen LogP contribution in [0.3, 0.4) is 0 Å². The average molecular weight is 234 g/mol. The van der Waals surface area contributed by atoms with E-state index < -0.39 is 0 Å². The summed E-state index contributed by atoms with van der Waals surface area (Å²) in [5, 5.41) is 6.60. The molecule has 1 heterocycles. The molecule has 0 bridgehead atoms. The Balaban J connectivity index is 2.50. The van der Waals surface area contributed by atoms with E-state index in [1.165, 1.54) is 0 Å². The molecule has 0 aromatic rings. The summed E-state index contributed by atoms with van der Waals surface area (Å²) in [6.07, 6.45) is 3.06. The highest BCUT2D eigenvalue weighted by molar-refractivity contribution is 9.09. The summed E-state index contributed by atoms with van der Waals surface area (Å²) < 4.78 is 0. The molecule has 0 radical (unpaired) electrons. The Bertz CT molecular complexity index is 170. The Labute approximate surface area is 82.5 Å². The van der Waals surface area contributed by atoms with Gasteiger partial charge in [0.25, 0.3) is 0 Å². The van der Waals surface area contributed by atoms with Gasteiger partial charge in [-0.25, -0.2) is 0 Å². The summed E-state index contributed by atoms with van der Waals surface area (Å²) in [6.45, 7) is 7.51. The van der Waals surface area contributed by atoms with Crippen LogP contribution >= 0.6 is 15.9 Å². The van der Waals surface area contributed by atoms with Crippen molar-refractivity contribution in [2.24, 2.45) is 5.10 Å². The fourth-order valence-electron chi connectivity index (χ4n) is 1.19. The Morgan fingerprint density at radius 2 is 2.25 bits per heavy atom. The van der Waals surface area contributed by atoms with Crippen molar-refractivity contribution in [3.63, 3.8) is 0 Å². The zero-order valence-corrected chi connectivity index (χ0v) is 9.45. The zero-order chi connectivity index (χ0) is 9.14. The molecule has 12 heavy (non-hydrogen) atoms. The molecule has 0 saturated heterocycles. The second kappa shape index (κ2) is 4.12. The summed E-state index contributed by atoms with van der Waals surface area (Å²) >= 11 is 3.60. The SMILES string of the molecule is CCCN1C=NN(C(C)C)C1Br. The lowest BCUT2D eigenvalue weighted by Crippen LogP contribution is -2.38. The van der Waals surface area contributed by atoms with Crippen LogP contribution in [0.4, 0.5) is 0 Å². The molecule has 1 rings (SSSR count). The van der Waals surface area contributed by atoms with Crippen LogP contribution in [0.1, 0.15) is 27.2 Å². The topological polar surface area (TPSA) is 18.8 Å². The van der Waals surface area contributed by atoms with E-state index in [0.717, 1.165) is 13.0 Å². The van der Waals surface area contributed by atoms with Gasteiger partial charge in [-0.2, -0.15) is 5.10 Å². The molecular formula is C8H16BrN3. The molecule has 1 atom stereocenters. The van der Waals surface area contributed by atoms with Crippen molar-refractivity contribution in [1.82, 2.24) is 9.91 Å². The van der Waals surface area contributed by atoms with E-state index in [4.69, 9.17) is 0 Å². The first kappa shape index (κ1) is 9.84. The highest BCUT2D eigenvalue weighted by atomic mass is 79.9. The zero-order valence-electron chi connectivity index (χ0n) is 7.87. The van der Waals surface area contributed by atoms with Gasteiger partial charge in [0.15, 0.2) is 5.08 Å². The van der Waals surface area contributed by atoms with Gasteiger partial charge < -0.3 is 4.90 Å². The van der Waals surface area contributed by atoms with Crippen molar-refractivity contribution in [3.05, 3.63) is 0 Å². The monoisotopic (exact) mass is 233 g/mol. The maximum atomic E-state index is 4.30. The predicted octanol–water partition coefficient (Wildman–Crippen LogP) is 2.04. The molecule has 70 valence electrons. The molecule has 0 saturated carbocycles. The Hall–Kier alpha value is -0.250. The van der Waals surface area contributed by atoms with Gasteiger partial charge >= 0.3 is 0 Å². The third kappa shape index (κ3) is 1.91. The number of halogens is 1. The van der Waals surface area contributed by atoms with Crippen LogP contribution in [0.25, 0.3) is 0 Å². The molecule has 0 fully saturated rings. The Morgan fingerprint density at radius 1 is 1.58 bits per heavy atom. The minimum absolute atomic E-state index is 0.248. The van der Waals surface area contributed by atoms with Gasteiger partial charge in [-0.1, -0.05) is 6.92 Å². The molecule has 0 aliphatic carbocycles. The number of rotatable bonds is 3. The summed E-state index contributed by atoms with van der Waals surface area (Å²) in [7, 11) is 0. The fraction of sp³-hybridized carbons (Fsp3) is 0.875. The van der Waals surface area contributed by atoms with Crippen LogP contribution in [0.2, 0.25) is 0 Å². The van der Waals surface area contributed by atoms with E-state index in [1.807, 2.05) is 6.34 Å². The highest BCUT2D eigenvalue weighted by Gasteiger charge is 2.25. The second-order valence-electron chi connectivity index (χ2n) is 3.25. The largest absolute Gasteiger partial charge is 0.331 e. The van der Waals surface area contributed by atoms with E-state index in [9.17, 15) is 0 Å². The molecule has 3 nitrogen and oxygen atoms in total. The standard InChI is InChI=1S/C8H16BrN3/c1-4-5-11-6-10-12(7(2)3)8(11)9/h6-8H,4-5H2,1-3H3.